The van der Waals surface area contributed by atoms with E-state index in [2.05, 4.69) is 4.99 Å². The maximum absolute atomic E-state index is 13.1. The molecule has 3 aromatic rings. The van der Waals surface area contributed by atoms with Gasteiger partial charge in [0.25, 0.3) is 15.9 Å². The maximum atomic E-state index is 13.1. The Morgan fingerprint density at radius 3 is 2.66 bits per heavy atom. The number of carbonyl (C=O) groups excluding carboxylic acids is 1. The monoisotopic (exact) mass is 489 g/mol. The minimum absolute atomic E-state index is 0.140. The molecule has 1 amide bonds. The summed E-state index contributed by atoms with van der Waals surface area (Å²) in [5, 5.41) is 0.576. The molecule has 1 aliphatic rings. The van der Waals surface area contributed by atoms with Crippen LogP contribution in [-0.4, -0.2) is 35.8 Å². The summed E-state index contributed by atoms with van der Waals surface area (Å²) in [5.74, 6) is -0.464. The third-order valence-corrected chi connectivity index (χ3v) is 9.84. The summed E-state index contributed by atoms with van der Waals surface area (Å²) in [4.78, 5) is 17.8. The van der Waals surface area contributed by atoms with E-state index in [1.54, 1.807) is 23.7 Å². The molecule has 0 spiro atoms. The van der Waals surface area contributed by atoms with E-state index >= 15 is 0 Å². The number of hydrogen-bond acceptors (Lipinski definition) is 5. The molecular weight excluding hydrogens is 473 g/mol. The van der Waals surface area contributed by atoms with Crippen LogP contribution >= 0.6 is 45.9 Å². The van der Waals surface area contributed by atoms with Crippen molar-refractivity contribution in [3.63, 3.8) is 0 Å². The fourth-order valence-corrected chi connectivity index (χ4v) is 8.09. The van der Waals surface area contributed by atoms with Gasteiger partial charge in [0.15, 0.2) is 4.80 Å². The number of benzene rings is 1. The molecule has 3 heterocycles. The van der Waals surface area contributed by atoms with Crippen molar-refractivity contribution in [3.8, 4) is 0 Å². The summed E-state index contributed by atoms with van der Waals surface area (Å²) in [6.07, 6.45) is 1.91. The van der Waals surface area contributed by atoms with Gasteiger partial charge in [-0.1, -0.05) is 47.0 Å². The van der Waals surface area contributed by atoms with Crippen LogP contribution in [-0.2, 0) is 21.9 Å². The van der Waals surface area contributed by atoms with Crippen molar-refractivity contribution in [1.29, 1.82) is 0 Å². The van der Waals surface area contributed by atoms with Gasteiger partial charge in [-0.05, 0) is 37.1 Å². The van der Waals surface area contributed by atoms with Crippen molar-refractivity contribution in [2.75, 3.05) is 6.54 Å². The number of hydrogen-bond donors (Lipinski definition) is 0. The minimum atomic E-state index is -3.81. The van der Waals surface area contributed by atoms with Crippen molar-refractivity contribution < 1.29 is 13.2 Å². The second kappa shape index (κ2) is 8.13. The Hall–Kier alpha value is -1.23. The highest BCUT2D eigenvalue weighted by atomic mass is 35.5. The molecule has 0 saturated carbocycles. The van der Waals surface area contributed by atoms with Crippen LogP contribution in [0.15, 0.2) is 39.5 Å². The zero-order valence-electron chi connectivity index (χ0n) is 15.3. The first-order valence-electron chi connectivity index (χ1n) is 8.89. The topological polar surface area (TPSA) is 71.7 Å². The van der Waals surface area contributed by atoms with Gasteiger partial charge < -0.3 is 4.57 Å². The Balaban J connectivity index is 1.73. The van der Waals surface area contributed by atoms with Crippen LogP contribution < -0.4 is 4.80 Å². The Morgan fingerprint density at radius 1 is 1.17 bits per heavy atom. The highest BCUT2D eigenvalue weighted by molar-refractivity contribution is 7.91. The Kier molecular flexibility index (Phi) is 5.89. The SMILES string of the molecule is Cn1c(=NC(=O)C2CCCCN2S(=O)(=O)c2ccc(Cl)s2)sc2cccc(Cl)c21. The molecule has 11 heteroatoms. The molecule has 1 aromatic carbocycles. The fraction of sp³-hybridized carbons (Fsp3) is 0.333. The predicted octanol–water partition coefficient (Wildman–Crippen LogP) is 4.28. The summed E-state index contributed by atoms with van der Waals surface area (Å²) in [5.41, 5.74) is 0.798. The number of aromatic nitrogens is 1. The zero-order chi connectivity index (χ0) is 20.8. The number of thiazole rings is 1. The van der Waals surface area contributed by atoms with Gasteiger partial charge in [0.1, 0.15) is 10.3 Å². The second-order valence-corrected chi connectivity index (χ2v) is 11.9. The van der Waals surface area contributed by atoms with Crippen LogP contribution in [0.25, 0.3) is 10.2 Å². The highest BCUT2D eigenvalue weighted by Crippen LogP contribution is 2.32. The lowest BCUT2D eigenvalue weighted by Crippen LogP contribution is -2.47. The number of piperidine rings is 1. The Bertz CT molecular complexity index is 1260. The van der Waals surface area contributed by atoms with E-state index in [0.717, 1.165) is 28.0 Å². The average molecular weight is 490 g/mol. The summed E-state index contributed by atoms with van der Waals surface area (Å²) in [6, 6.07) is 7.73. The summed E-state index contributed by atoms with van der Waals surface area (Å²) >= 11 is 14.5. The van der Waals surface area contributed by atoms with Crippen LogP contribution in [0.1, 0.15) is 19.3 Å². The summed E-state index contributed by atoms with van der Waals surface area (Å²) in [7, 11) is -2.02. The molecule has 1 aliphatic heterocycles. The standard InChI is InChI=1S/C18H17Cl2N3O3S3/c1-22-16-11(19)5-4-7-13(16)27-18(22)21-17(24)12-6-2-3-10-23(12)29(25,26)15-9-8-14(20)28-15/h4-5,7-9,12H,2-3,6,10H2,1H3. The molecule has 0 aliphatic carbocycles. The normalized spacial score (nSPS) is 19.1. The number of nitrogens with zero attached hydrogens (tertiary/aromatic N) is 3. The second-order valence-electron chi connectivity index (χ2n) is 6.67. The Morgan fingerprint density at radius 2 is 1.97 bits per heavy atom. The molecule has 154 valence electrons. The van der Waals surface area contributed by atoms with Gasteiger partial charge in [0.05, 0.1) is 19.6 Å². The molecule has 1 atom stereocenters. The lowest BCUT2D eigenvalue weighted by molar-refractivity contribution is -0.122. The van der Waals surface area contributed by atoms with E-state index < -0.39 is 22.0 Å². The number of halogens is 2. The number of rotatable bonds is 3. The number of sulfonamides is 1. The Labute approximate surface area is 186 Å². The van der Waals surface area contributed by atoms with Crippen LogP contribution in [0.4, 0.5) is 0 Å². The predicted molar refractivity (Wildman–Crippen MR) is 117 cm³/mol. The first kappa shape index (κ1) is 21.0. The van der Waals surface area contributed by atoms with Gasteiger partial charge in [0, 0.05) is 13.6 Å². The van der Waals surface area contributed by atoms with Gasteiger partial charge in [-0.2, -0.15) is 9.30 Å². The van der Waals surface area contributed by atoms with Crippen LogP contribution in [0.2, 0.25) is 9.36 Å². The quantitative estimate of drug-likeness (QED) is 0.550. The summed E-state index contributed by atoms with van der Waals surface area (Å²) < 4.78 is 30.6. The first-order chi connectivity index (χ1) is 13.8. The lowest BCUT2D eigenvalue weighted by atomic mass is 10.0. The number of carbonyl (C=O) groups is 1. The molecule has 1 fully saturated rings. The molecule has 1 saturated heterocycles. The van der Waals surface area contributed by atoms with Crippen molar-refractivity contribution in [2.45, 2.75) is 29.5 Å². The van der Waals surface area contributed by atoms with Gasteiger partial charge >= 0.3 is 0 Å². The number of amides is 1. The minimum Gasteiger partial charge on any atom is -0.318 e. The van der Waals surface area contributed by atoms with E-state index in [1.165, 1.54) is 21.7 Å². The summed E-state index contributed by atoms with van der Waals surface area (Å²) in [6.45, 7) is 0.286. The first-order valence-corrected chi connectivity index (χ1v) is 12.7. The zero-order valence-corrected chi connectivity index (χ0v) is 19.3. The van der Waals surface area contributed by atoms with Gasteiger partial charge in [0.2, 0.25) is 0 Å². The lowest BCUT2D eigenvalue weighted by Gasteiger charge is -2.31. The van der Waals surface area contributed by atoms with Crippen LogP contribution in [0, 0.1) is 0 Å². The molecular formula is C18H17Cl2N3O3S3. The van der Waals surface area contributed by atoms with Crippen molar-refractivity contribution in [3.05, 3.63) is 44.5 Å². The number of thiophene rings is 1. The van der Waals surface area contributed by atoms with Gasteiger partial charge in [-0.15, -0.1) is 11.3 Å². The number of aryl methyl sites for hydroxylation is 1. The van der Waals surface area contributed by atoms with E-state index in [1.807, 2.05) is 12.1 Å². The molecule has 1 unspecified atom stereocenters. The smallest absolute Gasteiger partial charge is 0.266 e. The number of para-hydroxylation sites is 1. The van der Waals surface area contributed by atoms with Crippen molar-refractivity contribution in [1.82, 2.24) is 8.87 Å². The maximum Gasteiger partial charge on any atom is 0.266 e. The van der Waals surface area contributed by atoms with Gasteiger partial charge in [-0.25, -0.2) is 8.42 Å². The molecule has 29 heavy (non-hydrogen) atoms. The third kappa shape index (κ3) is 3.92. The van der Waals surface area contributed by atoms with E-state index in [0.29, 0.717) is 27.0 Å². The van der Waals surface area contributed by atoms with Gasteiger partial charge in [-0.3, -0.25) is 4.79 Å². The molecule has 4 rings (SSSR count). The van der Waals surface area contributed by atoms with E-state index in [4.69, 9.17) is 23.2 Å². The molecule has 0 bridgehead atoms. The van der Waals surface area contributed by atoms with Crippen LogP contribution in [0.5, 0.6) is 0 Å². The van der Waals surface area contributed by atoms with E-state index in [-0.39, 0.29) is 10.8 Å². The van der Waals surface area contributed by atoms with E-state index in [9.17, 15) is 13.2 Å². The van der Waals surface area contributed by atoms with Crippen LogP contribution in [0.3, 0.4) is 0 Å². The van der Waals surface area contributed by atoms with Crippen molar-refractivity contribution >= 4 is 72.0 Å². The molecule has 2 aromatic heterocycles. The van der Waals surface area contributed by atoms with Crippen molar-refractivity contribution in [2.24, 2.45) is 12.0 Å². The molecule has 0 N–H and O–H groups in total. The fourth-order valence-electron chi connectivity index (χ4n) is 3.42. The average Bonchev–Trinajstić information content (AvgIpc) is 3.27. The largest absolute Gasteiger partial charge is 0.318 e. The highest BCUT2D eigenvalue weighted by Gasteiger charge is 2.38. The molecule has 0 radical (unpaired) electrons. The number of fused-ring (bicyclic) bond motifs is 1. The molecule has 6 nitrogen and oxygen atoms in total. The third-order valence-electron chi connectivity index (χ3n) is 4.83.